The van der Waals surface area contributed by atoms with E-state index in [9.17, 15) is 5.11 Å². The summed E-state index contributed by atoms with van der Waals surface area (Å²) in [7, 11) is 2.03. The molecule has 0 radical (unpaired) electrons. The van der Waals surface area contributed by atoms with Crippen molar-refractivity contribution >= 4 is 0 Å². The first-order chi connectivity index (χ1) is 10.6. The number of benzene rings is 2. The van der Waals surface area contributed by atoms with Gasteiger partial charge in [-0.15, -0.1) is 0 Å². The summed E-state index contributed by atoms with van der Waals surface area (Å²) in [5.74, 6) is 0.841. The maximum Gasteiger partial charge on any atom is 0.122 e. The van der Waals surface area contributed by atoms with Gasteiger partial charge in [0, 0.05) is 13.1 Å². The SMILES string of the molecule is Cc1ccccc1OC[C@@H](O)CN(C)CCc1ccccc1. The summed E-state index contributed by atoms with van der Waals surface area (Å²) in [6, 6.07) is 18.3. The number of aliphatic hydroxyl groups excluding tert-OH is 1. The molecule has 1 N–H and O–H groups in total. The second kappa shape index (κ2) is 8.57. The average molecular weight is 299 g/mol. The van der Waals surface area contributed by atoms with Crippen LogP contribution < -0.4 is 4.74 Å². The van der Waals surface area contributed by atoms with Gasteiger partial charge in [0.05, 0.1) is 0 Å². The number of hydrogen-bond donors (Lipinski definition) is 1. The Balaban J connectivity index is 1.70. The molecule has 0 unspecified atom stereocenters. The number of para-hydroxylation sites is 1. The molecule has 118 valence electrons. The number of ether oxygens (including phenoxy) is 1. The predicted octanol–water partition coefficient (Wildman–Crippen LogP) is 2.91. The third-order valence-electron chi connectivity index (χ3n) is 3.67. The summed E-state index contributed by atoms with van der Waals surface area (Å²) in [6.45, 7) is 3.86. The minimum atomic E-state index is -0.486. The van der Waals surface area contributed by atoms with Gasteiger partial charge >= 0.3 is 0 Å². The minimum Gasteiger partial charge on any atom is -0.491 e. The first-order valence-corrected chi connectivity index (χ1v) is 7.74. The highest BCUT2D eigenvalue weighted by atomic mass is 16.5. The van der Waals surface area contributed by atoms with Crippen LogP contribution in [-0.2, 0) is 6.42 Å². The Labute approximate surface area is 133 Å². The smallest absolute Gasteiger partial charge is 0.122 e. The molecule has 3 nitrogen and oxygen atoms in total. The van der Waals surface area contributed by atoms with Crippen LogP contribution in [0.25, 0.3) is 0 Å². The van der Waals surface area contributed by atoms with Crippen molar-refractivity contribution in [3.63, 3.8) is 0 Å². The molecular formula is C19H25NO2. The Kier molecular flexibility index (Phi) is 6.44. The Morgan fingerprint density at radius 3 is 2.45 bits per heavy atom. The predicted molar refractivity (Wildman–Crippen MR) is 90.3 cm³/mol. The van der Waals surface area contributed by atoms with Crippen molar-refractivity contribution in [2.24, 2.45) is 0 Å². The van der Waals surface area contributed by atoms with Crippen LogP contribution in [0.1, 0.15) is 11.1 Å². The van der Waals surface area contributed by atoms with Crippen LogP contribution in [0.4, 0.5) is 0 Å². The molecule has 0 saturated carbocycles. The number of aliphatic hydroxyl groups is 1. The van der Waals surface area contributed by atoms with Gasteiger partial charge in [0.25, 0.3) is 0 Å². The fraction of sp³-hybridized carbons (Fsp3) is 0.368. The fourth-order valence-corrected chi connectivity index (χ4v) is 2.37. The molecule has 0 aliphatic carbocycles. The largest absolute Gasteiger partial charge is 0.491 e. The van der Waals surface area contributed by atoms with E-state index in [-0.39, 0.29) is 0 Å². The third kappa shape index (κ3) is 5.51. The molecule has 0 spiro atoms. The van der Waals surface area contributed by atoms with E-state index in [4.69, 9.17) is 4.74 Å². The van der Waals surface area contributed by atoms with Crippen LogP contribution in [0.2, 0.25) is 0 Å². The number of nitrogens with zero attached hydrogens (tertiary/aromatic N) is 1. The lowest BCUT2D eigenvalue weighted by molar-refractivity contribution is 0.0764. The second-order valence-electron chi connectivity index (χ2n) is 5.73. The third-order valence-corrected chi connectivity index (χ3v) is 3.67. The summed E-state index contributed by atoms with van der Waals surface area (Å²) < 4.78 is 5.69. The zero-order valence-corrected chi connectivity index (χ0v) is 13.4. The maximum atomic E-state index is 10.1. The van der Waals surface area contributed by atoms with Crippen LogP contribution in [0, 0.1) is 6.92 Å². The fourth-order valence-electron chi connectivity index (χ4n) is 2.37. The number of rotatable bonds is 8. The molecular weight excluding hydrogens is 274 g/mol. The van der Waals surface area contributed by atoms with Crippen LogP contribution in [0.3, 0.4) is 0 Å². The quantitative estimate of drug-likeness (QED) is 0.813. The van der Waals surface area contributed by atoms with E-state index >= 15 is 0 Å². The normalized spacial score (nSPS) is 12.4. The van der Waals surface area contributed by atoms with Gasteiger partial charge in [0.15, 0.2) is 0 Å². The van der Waals surface area contributed by atoms with Gasteiger partial charge in [-0.1, -0.05) is 48.5 Å². The molecule has 2 aromatic rings. The Hall–Kier alpha value is -1.84. The lowest BCUT2D eigenvalue weighted by Crippen LogP contribution is -2.34. The molecule has 0 bridgehead atoms. The second-order valence-corrected chi connectivity index (χ2v) is 5.73. The van der Waals surface area contributed by atoms with Gasteiger partial charge in [-0.05, 0) is 37.6 Å². The molecule has 0 amide bonds. The van der Waals surface area contributed by atoms with E-state index in [1.165, 1.54) is 5.56 Å². The summed E-state index contributed by atoms with van der Waals surface area (Å²) in [5, 5.41) is 10.1. The van der Waals surface area contributed by atoms with Crippen molar-refractivity contribution in [1.82, 2.24) is 4.90 Å². The topological polar surface area (TPSA) is 32.7 Å². The maximum absolute atomic E-state index is 10.1. The van der Waals surface area contributed by atoms with Gasteiger partial charge in [0.2, 0.25) is 0 Å². The summed E-state index contributed by atoms with van der Waals surface area (Å²) >= 11 is 0. The lowest BCUT2D eigenvalue weighted by Gasteiger charge is -2.21. The van der Waals surface area contributed by atoms with E-state index in [2.05, 4.69) is 29.2 Å². The van der Waals surface area contributed by atoms with Crippen molar-refractivity contribution < 1.29 is 9.84 Å². The summed E-state index contributed by atoms with van der Waals surface area (Å²) in [6.07, 6.45) is 0.503. The van der Waals surface area contributed by atoms with E-state index in [0.717, 1.165) is 24.3 Å². The number of likely N-dealkylation sites (N-methyl/N-ethyl adjacent to an activating group) is 1. The highest BCUT2D eigenvalue weighted by Crippen LogP contribution is 2.16. The highest BCUT2D eigenvalue weighted by Gasteiger charge is 2.10. The van der Waals surface area contributed by atoms with Crippen molar-refractivity contribution in [3.05, 3.63) is 65.7 Å². The highest BCUT2D eigenvalue weighted by molar-refractivity contribution is 5.31. The van der Waals surface area contributed by atoms with Crippen LogP contribution in [0.5, 0.6) is 5.75 Å². The first-order valence-electron chi connectivity index (χ1n) is 7.74. The molecule has 3 heteroatoms. The molecule has 0 saturated heterocycles. The number of aryl methyl sites for hydroxylation is 1. The van der Waals surface area contributed by atoms with Gasteiger partial charge < -0.3 is 14.7 Å². The van der Waals surface area contributed by atoms with E-state index in [1.54, 1.807) is 0 Å². The van der Waals surface area contributed by atoms with E-state index in [1.807, 2.05) is 44.3 Å². The van der Waals surface area contributed by atoms with Crippen LogP contribution in [0.15, 0.2) is 54.6 Å². The van der Waals surface area contributed by atoms with Crippen LogP contribution in [-0.4, -0.2) is 42.9 Å². The molecule has 0 heterocycles. The molecule has 0 fully saturated rings. The molecule has 0 aliphatic rings. The van der Waals surface area contributed by atoms with Crippen LogP contribution >= 0.6 is 0 Å². The van der Waals surface area contributed by atoms with E-state index in [0.29, 0.717) is 13.2 Å². The Morgan fingerprint density at radius 2 is 1.73 bits per heavy atom. The molecule has 2 rings (SSSR count). The standard InChI is InChI=1S/C19H25NO2/c1-16-8-6-7-11-19(16)22-15-18(21)14-20(2)13-12-17-9-4-3-5-10-17/h3-11,18,21H,12-15H2,1-2H3/t18-/m0/s1. The van der Waals surface area contributed by atoms with Crippen molar-refractivity contribution in [2.75, 3.05) is 26.7 Å². The Morgan fingerprint density at radius 1 is 1.05 bits per heavy atom. The molecule has 0 aromatic heterocycles. The zero-order valence-electron chi connectivity index (χ0n) is 13.4. The Bertz CT molecular complexity index is 556. The van der Waals surface area contributed by atoms with Gasteiger partial charge in [-0.3, -0.25) is 0 Å². The van der Waals surface area contributed by atoms with Crippen molar-refractivity contribution in [1.29, 1.82) is 0 Å². The summed E-state index contributed by atoms with van der Waals surface area (Å²) in [5.41, 5.74) is 2.41. The molecule has 1 atom stereocenters. The monoisotopic (exact) mass is 299 g/mol. The van der Waals surface area contributed by atoms with Gasteiger partial charge in [-0.2, -0.15) is 0 Å². The number of hydrogen-bond acceptors (Lipinski definition) is 3. The van der Waals surface area contributed by atoms with E-state index < -0.39 is 6.10 Å². The zero-order chi connectivity index (χ0) is 15.8. The minimum absolute atomic E-state index is 0.320. The first kappa shape index (κ1) is 16.5. The average Bonchev–Trinajstić information content (AvgIpc) is 2.53. The molecule has 22 heavy (non-hydrogen) atoms. The van der Waals surface area contributed by atoms with Gasteiger partial charge in [-0.25, -0.2) is 0 Å². The lowest BCUT2D eigenvalue weighted by atomic mass is 10.1. The molecule has 0 aliphatic heterocycles. The van der Waals surface area contributed by atoms with Crippen molar-refractivity contribution in [2.45, 2.75) is 19.4 Å². The molecule has 2 aromatic carbocycles. The summed E-state index contributed by atoms with van der Waals surface area (Å²) in [4.78, 5) is 2.14. The van der Waals surface area contributed by atoms with Crippen molar-refractivity contribution in [3.8, 4) is 5.75 Å². The van der Waals surface area contributed by atoms with Gasteiger partial charge in [0.1, 0.15) is 18.5 Å².